The fourth-order valence-electron chi connectivity index (χ4n) is 2.47. The molecule has 128 valence electrons. The molecule has 0 aliphatic heterocycles. The molecule has 0 saturated heterocycles. The smallest absolute Gasteiger partial charge is 0.247 e. The number of rotatable bonds is 4. The molecular formula is C18H16Cl2N4O. The number of imidazole rings is 1. The first kappa shape index (κ1) is 17.5. The van der Waals surface area contributed by atoms with Crippen molar-refractivity contribution in [2.75, 3.05) is 0 Å². The van der Waals surface area contributed by atoms with Crippen LogP contribution >= 0.6 is 23.2 Å². The monoisotopic (exact) mass is 374 g/mol. The molecule has 1 amide bonds. The summed E-state index contributed by atoms with van der Waals surface area (Å²) in [4.78, 5) is 16.7. The average Bonchev–Trinajstić information content (AvgIpc) is 2.91. The quantitative estimate of drug-likeness (QED) is 0.554. The van der Waals surface area contributed by atoms with Crippen LogP contribution in [0.1, 0.15) is 18.3 Å². The molecule has 1 aromatic heterocycles. The first-order valence-corrected chi connectivity index (χ1v) is 8.40. The number of amides is 1. The summed E-state index contributed by atoms with van der Waals surface area (Å²) < 4.78 is 1.91. The molecular weight excluding hydrogens is 359 g/mol. The third kappa shape index (κ3) is 3.83. The Hall–Kier alpha value is -2.37. The van der Waals surface area contributed by atoms with Crippen LogP contribution in [0, 0.1) is 0 Å². The van der Waals surface area contributed by atoms with Gasteiger partial charge >= 0.3 is 0 Å². The van der Waals surface area contributed by atoms with Crippen LogP contribution in [0.5, 0.6) is 0 Å². The molecule has 3 aromatic rings. The van der Waals surface area contributed by atoms with Crippen molar-refractivity contribution in [3.05, 3.63) is 63.9 Å². The fraction of sp³-hybridized carbons (Fsp3) is 0.167. The van der Waals surface area contributed by atoms with Gasteiger partial charge < -0.3 is 4.57 Å². The summed E-state index contributed by atoms with van der Waals surface area (Å²) in [5.74, 6) is 0.443. The summed E-state index contributed by atoms with van der Waals surface area (Å²) >= 11 is 11.9. The van der Waals surface area contributed by atoms with E-state index in [1.54, 1.807) is 25.1 Å². The van der Waals surface area contributed by atoms with Crippen LogP contribution in [0.15, 0.2) is 47.6 Å². The highest BCUT2D eigenvalue weighted by Crippen LogP contribution is 2.22. The van der Waals surface area contributed by atoms with Gasteiger partial charge in [0.05, 0.1) is 33.2 Å². The normalized spacial score (nSPS) is 11.8. The second-order valence-electron chi connectivity index (χ2n) is 5.61. The number of hydrazone groups is 1. The zero-order chi connectivity index (χ0) is 18.0. The van der Waals surface area contributed by atoms with Crippen molar-refractivity contribution in [2.24, 2.45) is 12.1 Å². The van der Waals surface area contributed by atoms with Gasteiger partial charge in [0.1, 0.15) is 5.82 Å². The number of carbonyl (C=O) groups is 1. The van der Waals surface area contributed by atoms with E-state index in [0.717, 1.165) is 16.6 Å². The highest BCUT2D eigenvalue weighted by Gasteiger charge is 2.11. The molecule has 0 fully saturated rings. The van der Waals surface area contributed by atoms with E-state index in [0.29, 0.717) is 21.6 Å². The number of nitrogens with zero attached hydrogens (tertiary/aromatic N) is 3. The Morgan fingerprint density at radius 3 is 2.68 bits per heavy atom. The SMILES string of the molecule is C/C(=N\NC(=O)Cc1nc2ccccc2n1C)c1ccc(Cl)c(Cl)c1. The minimum Gasteiger partial charge on any atom is -0.331 e. The minimum atomic E-state index is -0.238. The highest BCUT2D eigenvalue weighted by molar-refractivity contribution is 6.42. The van der Waals surface area contributed by atoms with Crippen molar-refractivity contribution >= 4 is 45.9 Å². The number of para-hydroxylation sites is 2. The van der Waals surface area contributed by atoms with E-state index in [2.05, 4.69) is 15.5 Å². The van der Waals surface area contributed by atoms with E-state index >= 15 is 0 Å². The Labute approximate surface area is 155 Å². The number of benzene rings is 2. The van der Waals surface area contributed by atoms with Crippen LogP contribution in [-0.4, -0.2) is 21.2 Å². The van der Waals surface area contributed by atoms with E-state index in [1.165, 1.54) is 0 Å². The minimum absolute atomic E-state index is 0.142. The Bertz CT molecular complexity index is 978. The molecule has 5 nitrogen and oxygen atoms in total. The second-order valence-corrected chi connectivity index (χ2v) is 6.43. The van der Waals surface area contributed by atoms with Gasteiger partial charge in [-0.3, -0.25) is 4.79 Å². The number of hydrogen-bond acceptors (Lipinski definition) is 3. The Balaban J connectivity index is 1.71. The van der Waals surface area contributed by atoms with Gasteiger partial charge in [0.25, 0.3) is 0 Å². The molecule has 0 bridgehead atoms. The van der Waals surface area contributed by atoms with Crippen molar-refractivity contribution in [1.82, 2.24) is 15.0 Å². The fourth-order valence-corrected chi connectivity index (χ4v) is 2.77. The lowest BCUT2D eigenvalue weighted by atomic mass is 10.1. The molecule has 2 aromatic carbocycles. The molecule has 1 N–H and O–H groups in total. The van der Waals surface area contributed by atoms with Crippen LogP contribution in [0.2, 0.25) is 10.0 Å². The number of aryl methyl sites for hydroxylation is 1. The molecule has 0 aliphatic carbocycles. The molecule has 3 rings (SSSR count). The average molecular weight is 375 g/mol. The van der Waals surface area contributed by atoms with Gasteiger partial charge in [-0.25, -0.2) is 10.4 Å². The molecule has 0 unspecified atom stereocenters. The second kappa shape index (κ2) is 7.25. The molecule has 25 heavy (non-hydrogen) atoms. The summed E-state index contributed by atoms with van der Waals surface area (Å²) in [6.07, 6.45) is 0.142. The summed E-state index contributed by atoms with van der Waals surface area (Å²) in [5.41, 5.74) is 5.83. The van der Waals surface area contributed by atoms with E-state index in [9.17, 15) is 4.79 Å². The number of nitrogens with one attached hydrogen (secondary N) is 1. The predicted octanol–water partition coefficient (Wildman–Crippen LogP) is 3.96. The van der Waals surface area contributed by atoms with Crippen molar-refractivity contribution in [2.45, 2.75) is 13.3 Å². The van der Waals surface area contributed by atoms with Crippen LogP contribution in [0.3, 0.4) is 0 Å². The third-order valence-electron chi connectivity index (χ3n) is 3.88. The van der Waals surface area contributed by atoms with Crippen molar-refractivity contribution < 1.29 is 4.79 Å². The van der Waals surface area contributed by atoms with Gasteiger partial charge in [-0.1, -0.05) is 41.4 Å². The third-order valence-corrected chi connectivity index (χ3v) is 4.62. The number of hydrogen-bond donors (Lipinski definition) is 1. The first-order valence-electron chi connectivity index (χ1n) is 7.64. The van der Waals surface area contributed by atoms with Gasteiger partial charge in [0.2, 0.25) is 5.91 Å². The number of halogens is 2. The Kier molecular flexibility index (Phi) is 5.06. The van der Waals surface area contributed by atoms with Gasteiger partial charge in [0.15, 0.2) is 0 Å². The lowest BCUT2D eigenvalue weighted by molar-refractivity contribution is -0.120. The van der Waals surface area contributed by atoms with Crippen molar-refractivity contribution in [1.29, 1.82) is 0 Å². The van der Waals surface area contributed by atoms with Gasteiger partial charge in [-0.15, -0.1) is 0 Å². The molecule has 0 aliphatic rings. The van der Waals surface area contributed by atoms with E-state index < -0.39 is 0 Å². The first-order chi connectivity index (χ1) is 12.0. The number of fused-ring (bicyclic) bond motifs is 1. The van der Waals surface area contributed by atoms with E-state index in [4.69, 9.17) is 23.2 Å². The van der Waals surface area contributed by atoms with E-state index in [1.807, 2.05) is 35.9 Å². The molecule has 7 heteroatoms. The van der Waals surface area contributed by atoms with Crippen LogP contribution < -0.4 is 5.43 Å². The van der Waals surface area contributed by atoms with Crippen molar-refractivity contribution in [3.63, 3.8) is 0 Å². The summed E-state index contributed by atoms with van der Waals surface area (Å²) in [5, 5.41) is 5.04. The molecule has 0 saturated carbocycles. The summed E-state index contributed by atoms with van der Waals surface area (Å²) in [6.45, 7) is 1.79. The standard InChI is InChI=1S/C18H16Cl2N4O/c1-11(12-7-8-13(19)14(20)9-12)22-23-18(25)10-17-21-15-5-3-4-6-16(15)24(17)2/h3-9H,10H2,1-2H3,(H,23,25)/b22-11+. The zero-order valence-electron chi connectivity index (χ0n) is 13.8. The van der Waals surface area contributed by atoms with Crippen LogP contribution in [-0.2, 0) is 18.3 Å². The van der Waals surface area contributed by atoms with E-state index in [-0.39, 0.29) is 12.3 Å². The lowest BCUT2D eigenvalue weighted by Gasteiger charge is -2.05. The molecule has 0 spiro atoms. The molecule has 0 radical (unpaired) electrons. The van der Waals surface area contributed by atoms with Gasteiger partial charge in [-0.05, 0) is 36.8 Å². The largest absolute Gasteiger partial charge is 0.331 e. The Morgan fingerprint density at radius 2 is 1.96 bits per heavy atom. The van der Waals surface area contributed by atoms with Gasteiger partial charge in [-0.2, -0.15) is 5.10 Å². The lowest BCUT2D eigenvalue weighted by Crippen LogP contribution is -2.22. The molecule has 0 atom stereocenters. The summed E-state index contributed by atoms with van der Waals surface area (Å²) in [7, 11) is 1.89. The van der Waals surface area contributed by atoms with Gasteiger partial charge in [0, 0.05) is 7.05 Å². The Morgan fingerprint density at radius 1 is 1.20 bits per heavy atom. The topological polar surface area (TPSA) is 59.3 Å². The maximum absolute atomic E-state index is 12.2. The van der Waals surface area contributed by atoms with Crippen molar-refractivity contribution in [3.8, 4) is 0 Å². The highest BCUT2D eigenvalue weighted by atomic mass is 35.5. The summed E-state index contributed by atoms with van der Waals surface area (Å²) in [6, 6.07) is 13.0. The number of aromatic nitrogens is 2. The van der Waals surface area contributed by atoms with Crippen LogP contribution in [0.4, 0.5) is 0 Å². The number of carbonyl (C=O) groups excluding carboxylic acids is 1. The molecule has 1 heterocycles. The zero-order valence-corrected chi connectivity index (χ0v) is 15.3. The maximum atomic E-state index is 12.2. The predicted molar refractivity (Wildman–Crippen MR) is 101 cm³/mol. The maximum Gasteiger partial charge on any atom is 0.247 e. The van der Waals surface area contributed by atoms with Crippen LogP contribution in [0.25, 0.3) is 11.0 Å².